The molecule has 4 atom stereocenters. The van der Waals surface area contributed by atoms with Crippen LogP contribution in [0.4, 0.5) is 8.78 Å². The van der Waals surface area contributed by atoms with Crippen LogP contribution in [0.1, 0.15) is 162 Å². The van der Waals surface area contributed by atoms with E-state index in [-0.39, 0.29) is 22.9 Å². The van der Waals surface area contributed by atoms with Crippen LogP contribution in [0.15, 0.2) is 113 Å². The predicted molar refractivity (Wildman–Crippen MR) is 347 cm³/mol. The number of likely N-dealkylation sites (tertiary alicyclic amines) is 2. The molecule has 10 rings (SSSR count). The topological polar surface area (TPSA) is 72.0 Å². The number of carbonyl (C=O) groups is 2. The van der Waals surface area contributed by atoms with Crippen molar-refractivity contribution >= 4 is 34.9 Å². The van der Waals surface area contributed by atoms with Crippen LogP contribution in [-0.4, -0.2) is 149 Å². The molecule has 1 aromatic heterocycles. The van der Waals surface area contributed by atoms with Crippen molar-refractivity contribution in [2.75, 3.05) is 84.4 Å². The summed E-state index contributed by atoms with van der Waals surface area (Å²) in [6.07, 6.45) is 8.68. The standard InChI is InChI=1S/C36H49N3O2S.C35H47F2N3O2S/c1-7-20-41-33-13-21-42-34(33)35(40)37-16-14-36(6,15-17-37)38-18-19-39(27(4)25-38)28(5)30-9-11-31(12-10-30)32-23-26(3)22-29(8-2)24-32;1-5-42-32-18-23-43-33(32)34(41)38-19-16-31(17-20-38)39-21-22-40(25(2)24-39)26(3)29-12-8-27(9-13-29)6-7-28-10-14-30(15-11-28)35(4,36)37/h9-13,21-24,27-28H,7-8,14-20,25H2,1-6H3;8-15,25-26,31H,5-7,16-24H2,1-4H3/t27-,28+;25-,26+/m11/s1. The van der Waals surface area contributed by atoms with E-state index in [0.717, 1.165) is 163 Å². The van der Waals surface area contributed by atoms with Crippen molar-refractivity contribution in [2.24, 2.45) is 0 Å². The number of amides is 2. The molecule has 85 heavy (non-hydrogen) atoms. The van der Waals surface area contributed by atoms with Crippen LogP contribution in [0.3, 0.4) is 0 Å². The van der Waals surface area contributed by atoms with Gasteiger partial charge < -0.3 is 19.3 Å². The summed E-state index contributed by atoms with van der Waals surface area (Å²) in [6, 6.07) is 35.9. The zero-order chi connectivity index (χ0) is 60.4. The van der Waals surface area contributed by atoms with Gasteiger partial charge in [-0.3, -0.25) is 29.2 Å². The second-order valence-corrected chi connectivity index (χ2v) is 27.1. The Kier molecular flexibility index (Phi) is 22.2. The lowest BCUT2D eigenvalue weighted by molar-refractivity contribution is -0.128. The molecule has 0 unspecified atom stereocenters. The molecule has 6 heterocycles. The van der Waals surface area contributed by atoms with Gasteiger partial charge in [-0.2, -0.15) is 0 Å². The molecule has 0 N–H and O–H groups in total. The minimum atomic E-state index is -2.80. The van der Waals surface area contributed by atoms with E-state index in [4.69, 9.17) is 9.47 Å². The number of carbonyl (C=O) groups excluding carboxylic acids is 2. The maximum Gasteiger partial charge on any atom is 0.270 e. The van der Waals surface area contributed by atoms with E-state index in [1.54, 1.807) is 11.8 Å². The number of piperidine rings is 2. The summed E-state index contributed by atoms with van der Waals surface area (Å²) in [6.45, 7) is 32.1. The number of nitrogens with zero attached hydrogens (tertiary/aromatic N) is 6. The van der Waals surface area contributed by atoms with Crippen molar-refractivity contribution in [3.8, 4) is 16.9 Å². The Hall–Kier alpha value is -5.09. The number of ether oxygens (including phenoxy) is 2. The Balaban J connectivity index is 0.000000204. The van der Waals surface area contributed by atoms with E-state index in [0.29, 0.717) is 43.4 Å². The summed E-state index contributed by atoms with van der Waals surface area (Å²) < 4.78 is 38.6. The van der Waals surface area contributed by atoms with Crippen molar-refractivity contribution < 1.29 is 27.8 Å². The minimum Gasteiger partial charge on any atom is -0.497 e. The number of rotatable bonds is 19. The number of aryl methyl sites for hydroxylation is 4. The van der Waals surface area contributed by atoms with E-state index >= 15 is 0 Å². The Morgan fingerprint density at radius 1 is 0.694 bits per heavy atom. The van der Waals surface area contributed by atoms with Crippen LogP contribution in [0.25, 0.3) is 11.1 Å². The molecule has 5 aromatic rings. The predicted octanol–water partition coefficient (Wildman–Crippen LogP) is 14.9. The van der Waals surface area contributed by atoms with E-state index < -0.39 is 5.92 Å². The molecule has 2 amide bonds. The Morgan fingerprint density at radius 3 is 1.88 bits per heavy atom. The van der Waals surface area contributed by atoms with Crippen LogP contribution in [-0.2, 0) is 34.7 Å². The summed E-state index contributed by atoms with van der Waals surface area (Å²) in [7, 11) is 0. The summed E-state index contributed by atoms with van der Waals surface area (Å²) >= 11 is 3.15. The van der Waals surface area contributed by atoms with Crippen LogP contribution < -0.4 is 4.74 Å². The molecule has 460 valence electrons. The zero-order valence-electron chi connectivity index (χ0n) is 52.6. The molecule has 10 nitrogen and oxygen atoms in total. The first kappa shape index (κ1) is 64.4. The first-order chi connectivity index (χ1) is 40.9. The summed E-state index contributed by atoms with van der Waals surface area (Å²) in [5, 5.41) is 1.97. The van der Waals surface area contributed by atoms with Crippen LogP contribution in [0.2, 0.25) is 0 Å². The second kappa shape index (κ2) is 29.3. The van der Waals surface area contributed by atoms with Gasteiger partial charge in [-0.05, 0) is 150 Å². The van der Waals surface area contributed by atoms with Gasteiger partial charge in [-0.15, -0.1) is 23.1 Å². The first-order valence-electron chi connectivity index (χ1n) is 31.9. The lowest BCUT2D eigenvalue weighted by Gasteiger charge is -2.52. The molecule has 4 fully saturated rings. The number of alkyl halides is 2. The Labute approximate surface area is 516 Å². The van der Waals surface area contributed by atoms with Crippen molar-refractivity contribution in [1.82, 2.24) is 29.4 Å². The molecule has 4 saturated heterocycles. The zero-order valence-corrected chi connectivity index (χ0v) is 54.3. The summed E-state index contributed by atoms with van der Waals surface area (Å²) in [5.74, 6) is 0.0804. The van der Waals surface area contributed by atoms with Gasteiger partial charge in [0, 0.05) is 126 Å². The molecule has 0 radical (unpaired) electrons. The maximum atomic E-state index is 13.5. The quantitative estimate of drug-likeness (QED) is 0.0804. The summed E-state index contributed by atoms with van der Waals surface area (Å²) in [5.41, 5.74) is 10.6. The van der Waals surface area contributed by atoms with Crippen LogP contribution in [0, 0.1) is 6.92 Å². The van der Waals surface area contributed by atoms with Gasteiger partial charge in [-0.1, -0.05) is 110 Å². The highest BCUT2D eigenvalue weighted by Crippen LogP contribution is 2.38. The van der Waals surface area contributed by atoms with Crippen molar-refractivity contribution in [2.45, 2.75) is 169 Å². The smallest absolute Gasteiger partial charge is 0.270 e. The molecular weight excluding hydrogens is 1100 g/mol. The van der Waals surface area contributed by atoms with E-state index in [1.807, 2.05) is 40.3 Å². The number of thioether (sulfide) groups is 1. The second-order valence-electron chi connectivity index (χ2n) is 25.0. The van der Waals surface area contributed by atoms with Gasteiger partial charge in [0.1, 0.15) is 21.3 Å². The lowest BCUT2D eigenvalue weighted by atomic mass is 9.86. The minimum absolute atomic E-state index is 0.0649. The fraction of sp³-hybridized carbons (Fsp3) is 0.549. The highest BCUT2D eigenvalue weighted by atomic mass is 32.2. The lowest BCUT2D eigenvalue weighted by Crippen LogP contribution is -2.62. The van der Waals surface area contributed by atoms with E-state index in [2.05, 4.69) is 142 Å². The summed E-state index contributed by atoms with van der Waals surface area (Å²) in [4.78, 5) is 42.8. The van der Waals surface area contributed by atoms with Crippen molar-refractivity contribution in [1.29, 1.82) is 0 Å². The highest BCUT2D eigenvalue weighted by molar-refractivity contribution is 8.04. The Morgan fingerprint density at radius 2 is 1.29 bits per heavy atom. The van der Waals surface area contributed by atoms with Crippen molar-refractivity contribution in [3.63, 3.8) is 0 Å². The third-order valence-electron chi connectivity index (χ3n) is 19.1. The molecule has 14 heteroatoms. The molecule has 0 spiro atoms. The van der Waals surface area contributed by atoms with E-state index in [9.17, 15) is 18.4 Å². The van der Waals surface area contributed by atoms with Crippen LogP contribution >= 0.6 is 23.1 Å². The third-order valence-corrected chi connectivity index (χ3v) is 21.1. The van der Waals surface area contributed by atoms with E-state index in [1.165, 1.54) is 62.4 Å². The number of hydrogen-bond acceptors (Lipinski definition) is 10. The number of allylic oxidation sites excluding steroid dienone is 1. The van der Waals surface area contributed by atoms with Gasteiger partial charge in [0.05, 0.1) is 13.2 Å². The van der Waals surface area contributed by atoms with Crippen LogP contribution in [0.5, 0.6) is 5.75 Å². The number of halogens is 2. The number of piperazine rings is 2. The van der Waals surface area contributed by atoms with Gasteiger partial charge >= 0.3 is 0 Å². The molecule has 0 saturated carbocycles. The number of benzene rings is 4. The highest BCUT2D eigenvalue weighted by Gasteiger charge is 2.42. The average molecular weight is 1200 g/mol. The SMILES string of the molecule is CCCOc1ccsc1C(=O)N1CCC(C)(N2CCN([C@@H](C)c3ccc(-c4cc(C)cc(CC)c4)cc3)[C@H](C)C2)CC1.CCOC1=C(C(=O)N2CCC(N3CCN([C@@H](C)c4ccc(CCc5ccc(C(C)(F)F)cc5)cc4)[C@H](C)C3)CC2)SCC1. The largest absolute Gasteiger partial charge is 0.497 e. The van der Waals surface area contributed by atoms with Gasteiger partial charge in [0.25, 0.3) is 17.7 Å². The number of hydrogen-bond donors (Lipinski definition) is 0. The average Bonchev–Trinajstić information content (AvgIpc) is 3.92. The monoisotopic (exact) mass is 1200 g/mol. The fourth-order valence-electron chi connectivity index (χ4n) is 13.7. The Bertz CT molecular complexity index is 3000. The molecular formula is C71H96F2N6O4S2. The van der Waals surface area contributed by atoms with Gasteiger partial charge in [-0.25, -0.2) is 8.78 Å². The molecule has 4 aromatic carbocycles. The molecule has 0 aliphatic carbocycles. The maximum absolute atomic E-state index is 13.5. The molecule has 0 bridgehead atoms. The van der Waals surface area contributed by atoms with Gasteiger partial charge in [0.15, 0.2) is 0 Å². The fourth-order valence-corrected chi connectivity index (χ4v) is 15.5. The first-order valence-corrected chi connectivity index (χ1v) is 33.8. The molecule has 5 aliphatic rings. The van der Waals surface area contributed by atoms with Gasteiger partial charge in [0.2, 0.25) is 0 Å². The normalized spacial score (nSPS) is 21.1. The van der Waals surface area contributed by atoms with Crippen molar-refractivity contribution in [3.05, 3.63) is 157 Å². The molecule has 5 aliphatic heterocycles. The number of thiophene rings is 1. The third kappa shape index (κ3) is 16.0.